The lowest BCUT2D eigenvalue weighted by Crippen LogP contribution is -2.57. The third-order valence-electron chi connectivity index (χ3n) is 4.92. The highest BCUT2D eigenvalue weighted by Gasteiger charge is 2.48. The molecule has 0 bridgehead atoms. The van der Waals surface area contributed by atoms with Gasteiger partial charge in [-0.25, -0.2) is 9.18 Å². The van der Waals surface area contributed by atoms with E-state index in [2.05, 4.69) is 4.90 Å². The van der Waals surface area contributed by atoms with Gasteiger partial charge in [0.05, 0.1) is 0 Å². The molecule has 2 saturated heterocycles. The molecule has 0 unspecified atom stereocenters. The quantitative estimate of drug-likeness (QED) is 0.787. The van der Waals surface area contributed by atoms with E-state index < -0.39 is 12.1 Å². The summed E-state index contributed by atoms with van der Waals surface area (Å²) in [5.74, 6) is -2.57. The molecule has 0 atom stereocenters. The van der Waals surface area contributed by atoms with Gasteiger partial charge in [-0.1, -0.05) is 26.0 Å². The van der Waals surface area contributed by atoms with Crippen LogP contribution in [0.15, 0.2) is 24.3 Å². The number of alkyl halides is 3. The smallest absolute Gasteiger partial charge is 0.475 e. The van der Waals surface area contributed by atoms with Gasteiger partial charge in [0.15, 0.2) is 0 Å². The molecule has 1 aromatic rings. The van der Waals surface area contributed by atoms with Crippen molar-refractivity contribution in [2.75, 3.05) is 26.2 Å². The molecule has 156 valence electrons. The number of halogens is 4. The summed E-state index contributed by atoms with van der Waals surface area (Å²) in [5.41, 5.74) is 1.46. The topological polar surface area (TPSA) is 60.9 Å². The number of hydrogen-bond acceptors (Lipinski definition) is 3. The Morgan fingerprint density at radius 3 is 2.14 bits per heavy atom. The van der Waals surface area contributed by atoms with Crippen LogP contribution in [0.1, 0.15) is 25.8 Å². The van der Waals surface area contributed by atoms with Crippen molar-refractivity contribution >= 4 is 11.9 Å². The fraction of sp³-hybridized carbons (Fsp3) is 0.579. The molecule has 0 aromatic heterocycles. The Bertz CT molecular complexity index is 698. The van der Waals surface area contributed by atoms with Crippen molar-refractivity contribution in [1.29, 1.82) is 0 Å². The third kappa shape index (κ3) is 5.67. The number of carboxylic acids is 1. The number of nitrogens with zero attached hydrogens (tertiary/aromatic N) is 2. The van der Waals surface area contributed by atoms with Crippen molar-refractivity contribution in [3.8, 4) is 0 Å². The zero-order valence-corrected chi connectivity index (χ0v) is 15.8. The number of amides is 1. The fourth-order valence-corrected chi connectivity index (χ4v) is 3.61. The number of aliphatic carboxylic acids is 1. The van der Waals surface area contributed by atoms with Gasteiger partial charge in [-0.05, 0) is 24.1 Å². The molecule has 5 nitrogen and oxygen atoms in total. The summed E-state index contributed by atoms with van der Waals surface area (Å²) in [4.78, 5) is 25.4. The highest BCUT2D eigenvalue weighted by molar-refractivity contribution is 5.78. The van der Waals surface area contributed by atoms with Crippen molar-refractivity contribution in [3.63, 3.8) is 0 Å². The predicted molar refractivity (Wildman–Crippen MR) is 93.8 cm³/mol. The minimum absolute atomic E-state index is 0.0931. The second-order valence-corrected chi connectivity index (χ2v) is 7.74. The van der Waals surface area contributed by atoms with Crippen LogP contribution in [-0.4, -0.2) is 59.1 Å². The lowest BCUT2D eigenvalue weighted by molar-refractivity contribution is -0.192. The van der Waals surface area contributed by atoms with Gasteiger partial charge in [0.1, 0.15) is 5.82 Å². The molecule has 1 aromatic carbocycles. The van der Waals surface area contributed by atoms with E-state index in [-0.39, 0.29) is 17.6 Å². The molecule has 1 amide bonds. The number of benzene rings is 1. The van der Waals surface area contributed by atoms with Crippen molar-refractivity contribution < 1.29 is 32.3 Å². The molecule has 1 spiro atoms. The van der Waals surface area contributed by atoms with Crippen LogP contribution >= 0.6 is 0 Å². The Morgan fingerprint density at radius 1 is 1.14 bits per heavy atom. The lowest BCUT2D eigenvalue weighted by atomic mass is 9.79. The van der Waals surface area contributed by atoms with Crippen molar-refractivity contribution in [2.24, 2.45) is 11.3 Å². The molecule has 2 heterocycles. The van der Waals surface area contributed by atoms with Gasteiger partial charge in [0.2, 0.25) is 5.91 Å². The SMILES string of the molecule is CC(C)C(=O)N1CCC2(CN(Cc3ccc(F)cc3)C2)C1.O=C(O)C(F)(F)F. The van der Waals surface area contributed by atoms with Gasteiger partial charge < -0.3 is 10.0 Å². The maximum atomic E-state index is 12.9. The Morgan fingerprint density at radius 2 is 1.68 bits per heavy atom. The van der Waals surface area contributed by atoms with E-state index in [4.69, 9.17) is 9.90 Å². The van der Waals surface area contributed by atoms with E-state index >= 15 is 0 Å². The monoisotopic (exact) mass is 404 g/mol. The standard InChI is InChI=1S/C17H23FN2O.C2HF3O2/c1-13(2)16(21)20-8-7-17(12-20)10-19(11-17)9-14-3-5-15(18)6-4-14;3-2(4,5)1(6)7/h3-6,13H,7-12H2,1-2H3;(H,6,7). The Kier molecular flexibility index (Phi) is 6.69. The van der Waals surface area contributed by atoms with Crippen LogP contribution in [0.2, 0.25) is 0 Å². The zero-order chi connectivity index (χ0) is 21.1. The summed E-state index contributed by atoms with van der Waals surface area (Å²) in [7, 11) is 0. The molecular weight excluding hydrogens is 380 g/mol. The fourth-order valence-electron chi connectivity index (χ4n) is 3.61. The minimum atomic E-state index is -5.08. The van der Waals surface area contributed by atoms with Crippen molar-refractivity contribution in [1.82, 2.24) is 9.80 Å². The van der Waals surface area contributed by atoms with Crippen LogP contribution in [0.3, 0.4) is 0 Å². The van der Waals surface area contributed by atoms with E-state index in [1.165, 1.54) is 12.1 Å². The summed E-state index contributed by atoms with van der Waals surface area (Å²) in [6.07, 6.45) is -3.97. The van der Waals surface area contributed by atoms with E-state index in [1.807, 2.05) is 30.9 Å². The molecule has 28 heavy (non-hydrogen) atoms. The summed E-state index contributed by atoms with van der Waals surface area (Å²) < 4.78 is 44.6. The molecule has 2 fully saturated rings. The molecular formula is C19H24F4N2O3. The molecule has 3 rings (SSSR count). The van der Waals surface area contributed by atoms with Gasteiger partial charge in [0.25, 0.3) is 0 Å². The summed E-state index contributed by atoms with van der Waals surface area (Å²) in [6, 6.07) is 6.74. The summed E-state index contributed by atoms with van der Waals surface area (Å²) in [5, 5.41) is 7.12. The minimum Gasteiger partial charge on any atom is -0.475 e. The van der Waals surface area contributed by atoms with Gasteiger partial charge >= 0.3 is 12.1 Å². The number of carbonyl (C=O) groups is 2. The first kappa shape index (κ1) is 22.1. The van der Waals surface area contributed by atoms with Gasteiger partial charge in [-0.3, -0.25) is 9.69 Å². The predicted octanol–water partition coefficient (Wildman–Crippen LogP) is 3.15. The maximum absolute atomic E-state index is 12.9. The van der Waals surface area contributed by atoms with Crippen LogP contribution in [0.25, 0.3) is 0 Å². The summed E-state index contributed by atoms with van der Waals surface area (Å²) >= 11 is 0. The largest absolute Gasteiger partial charge is 0.490 e. The maximum Gasteiger partial charge on any atom is 0.490 e. The second-order valence-electron chi connectivity index (χ2n) is 7.74. The van der Waals surface area contributed by atoms with Crippen molar-refractivity contribution in [3.05, 3.63) is 35.6 Å². The van der Waals surface area contributed by atoms with Crippen molar-refractivity contribution in [2.45, 2.75) is 33.0 Å². The van der Waals surface area contributed by atoms with Crippen LogP contribution in [0.4, 0.5) is 17.6 Å². The average molecular weight is 404 g/mol. The lowest BCUT2D eigenvalue weighted by Gasteiger charge is -2.48. The normalized spacial score (nSPS) is 18.6. The highest BCUT2D eigenvalue weighted by Crippen LogP contribution is 2.40. The third-order valence-corrected chi connectivity index (χ3v) is 4.92. The highest BCUT2D eigenvalue weighted by atomic mass is 19.4. The first-order valence-corrected chi connectivity index (χ1v) is 8.98. The Labute approximate surface area is 160 Å². The van der Waals surface area contributed by atoms with Gasteiger partial charge in [-0.2, -0.15) is 13.2 Å². The van der Waals surface area contributed by atoms with E-state index in [9.17, 15) is 22.4 Å². The molecule has 2 aliphatic heterocycles. The molecule has 0 saturated carbocycles. The van der Waals surface area contributed by atoms with E-state index in [0.29, 0.717) is 5.41 Å². The molecule has 0 aliphatic carbocycles. The zero-order valence-electron chi connectivity index (χ0n) is 15.8. The Hall–Kier alpha value is -2.16. The Balaban J connectivity index is 0.000000345. The number of likely N-dealkylation sites (tertiary alicyclic amines) is 2. The number of hydrogen-bond donors (Lipinski definition) is 1. The molecule has 1 N–H and O–H groups in total. The second kappa shape index (κ2) is 8.46. The van der Waals surface area contributed by atoms with Gasteiger partial charge in [-0.15, -0.1) is 0 Å². The number of carbonyl (C=O) groups excluding carboxylic acids is 1. The molecule has 0 radical (unpaired) electrons. The van der Waals surface area contributed by atoms with E-state index in [0.717, 1.165) is 44.7 Å². The molecule has 2 aliphatic rings. The number of rotatable bonds is 3. The van der Waals surface area contributed by atoms with E-state index in [1.54, 1.807) is 0 Å². The van der Waals surface area contributed by atoms with Crippen LogP contribution in [-0.2, 0) is 16.1 Å². The first-order chi connectivity index (χ1) is 12.9. The van der Waals surface area contributed by atoms with Crippen LogP contribution in [0, 0.1) is 17.2 Å². The number of carboxylic acid groups (broad SMARTS) is 1. The average Bonchev–Trinajstić information content (AvgIpc) is 3.00. The summed E-state index contributed by atoms with van der Waals surface area (Å²) in [6.45, 7) is 8.72. The first-order valence-electron chi connectivity index (χ1n) is 8.98. The molecule has 9 heteroatoms. The van der Waals surface area contributed by atoms with Gasteiger partial charge in [0, 0.05) is 44.1 Å². The van der Waals surface area contributed by atoms with Crippen LogP contribution in [0.5, 0.6) is 0 Å². The van der Waals surface area contributed by atoms with Crippen LogP contribution < -0.4 is 0 Å².